The van der Waals surface area contributed by atoms with Gasteiger partial charge in [0.25, 0.3) is 5.91 Å². The monoisotopic (exact) mass is 305 g/mol. The lowest BCUT2D eigenvalue weighted by atomic mass is 9.98. The molecule has 2 aromatic rings. The number of nitrogens with one attached hydrogen (secondary N) is 1. The molecule has 110 valence electrons. The fraction of sp³-hybridized carbons (Fsp3) is 0.429. The van der Waals surface area contributed by atoms with Crippen molar-refractivity contribution in [2.45, 2.75) is 32.2 Å². The maximum atomic E-state index is 12.4. The maximum absolute atomic E-state index is 12.4. The Morgan fingerprint density at radius 1 is 1.43 bits per heavy atom. The number of rotatable bonds is 4. The third kappa shape index (κ3) is 2.90. The molecule has 0 aliphatic heterocycles. The first-order valence-corrected chi connectivity index (χ1v) is 7.20. The van der Waals surface area contributed by atoms with Crippen LogP contribution in [0.15, 0.2) is 24.5 Å². The van der Waals surface area contributed by atoms with Crippen LogP contribution in [0.1, 0.15) is 37.0 Å². The normalized spacial score (nSPS) is 15.0. The fourth-order valence-electron chi connectivity index (χ4n) is 2.38. The summed E-state index contributed by atoms with van der Waals surface area (Å²) in [4.78, 5) is 12.4. The highest BCUT2D eigenvalue weighted by Gasteiger charge is 2.39. The summed E-state index contributed by atoms with van der Waals surface area (Å²) in [7, 11) is 0. The van der Waals surface area contributed by atoms with Gasteiger partial charge in [0, 0.05) is 5.54 Å². The summed E-state index contributed by atoms with van der Waals surface area (Å²) in [5.41, 5.74) is 0.972. The third-order valence-corrected chi connectivity index (χ3v) is 4.16. The number of tetrazole rings is 1. The van der Waals surface area contributed by atoms with E-state index in [1.54, 1.807) is 18.2 Å². The van der Waals surface area contributed by atoms with E-state index in [4.69, 9.17) is 11.6 Å². The molecule has 1 aliphatic carbocycles. The van der Waals surface area contributed by atoms with Gasteiger partial charge in [-0.25, -0.2) is 4.68 Å². The molecule has 0 spiro atoms. The molecule has 1 fully saturated rings. The van der Waals surface area contributed by atoms with E-state index in [9.17, 15) is 4.79 Å². The molecule has 1 saturated carbocycles. The Balaban J connectivity index is 1.81. The minimum Gasteiger partial charge on any atom is -0.347 e. The van der Waals surface area contributed by atoms with Crippen molar-refractivity contribution in [3.63, 3.8) is 0 Å². The van der Waals surface area contributed by atoms with E-state index in [-0.39, 0.29) is 11.4 Å². The number of nitrogens with zero attached hydrogens (tertiary/aromatic N) is 4. The van der Waals surface area contributed by atoms with Gasteiger partial charge in [0.2, 0.25) is 0 Å². The Labute approximate surface area is 127 Å². The van der Waals surface area contributed by atoms with Crippen molar-refractivity contribution >= 4 is 17.5 Å². The first kappa shape index (κ1) is 14.0. The topological polar surface area (TPSA) is 72.7 Å². The molecule has 1 N–H and O–H groups in total. The van der Waals surface area contributed by atoms with Gasteiger partial charge in [0.15, 0.2) is 0 Å². The average molecular weight is 306 g/mol. The number of hydrogen-bond donors (Lipinski definition) is 1. The molecule has 1 aromatic carbocycles. The van der Waals surface area contributed by atoms with Gasteiger partial charge < -0.3 is 5.32 Å². The van der Waals surface area contributed by atoms with Crippen LogP contribution in [0.5, 0.6) is 0 Å². The van der Waals surface area contributed by atoms with Crippen molar-refractivity contribution in [1.29, 1.82) is 0 Å². The van der Waals surface area contributed by atoms with E-state index in [1.807, 2.05) is 13.8 Å². The number of benzene rings is 1. The molecule has 1 aromatic heterocycles. The molecule has 1 aliphatic rings. The Bertz CT molecular complexity index is 664. The second-order valence-corrected chi connectivity index (χ2v) is 6.28. The van der Waals surface area contributed by atoms with Crippen molar-refractivity contribution in [1.82, 2.24) is 25.5 Å². The highest BCUT2D eigenvalue weighted by atomic mass is 35.5. The standard InChI is InChI=1S/C14H16ClN5O/c1-14(2,9-3-4-9)17-13(21)11-6-5-10(7-12(11)15)20-8-16-18-19-20/h5-9H,3-4H2,1-2H3,(H,17,21). The van der Waals surface area contributed by atoms with Crippen LogP contribution in [0.3, 0.4) is 0 Å². The summed E-state index contributed by atoms with van der Waals surface area (Å²) >= 11 is 6.22. The second kappa shape index (κ2) is 5.11. The minimum absolute atomic E-state index is 0.153. The highest BCUT2D eigenvalue weighted by molar-refractivity contribution is 6.34. The van der Waals surface area contributed by atoms with E-state index < -0.39 is 0 Å². The molecule has 21 heavy (non-hydrogen) atoms. The zero-order valence-corrected chi connectivity index (χ0v) is 12.6. The van der Waals surface area contributed by atoms with Crippen LogP contribution in [-0.4, -0.2) is 31.7 Å². The number of amides is 1. The third-order valence-electron chi connectivity index (χ3n) is 3.84. The molecule has 1 amide bonds. The van der Waals surface area contributed by atoms with Gasteiger partial charge in [0.05, 0.1) is 16.3 Å². The Kier molecular flexibility index (Phi) is 3.41. The maximum Gasteiger partial charge on any atom is 0.253 e. The lowest BCUT2D eigenvalue weighted by molar-refractivity contribution is 0.0903. The summed E-state index contributed by atoms with van der Waals surface area (Å²) in [6.45, 7) is 4.10. The number of hydrogen-bond acceptors (Lipinski definition) is 4. The SMILES string of the molecule is CC(C)(NC(=O)c1ccc(-n2cnnn2)cc1Cl)C1CC1. The molecular formula is C14H16ClN5O. The molecule has 6 nitrogen and oxygen atoms in total. The van der Waals surface area contributed by atoms with Gasteiger partial charge in [-0.3, -0.25) is 4.79 Å². The molecule has 3 rings (SSSR count). The first-order valence-electron chi connectivity index (χ1n) is 6.83. The molecule has 0 radical (unpaired) electrons. The zero-order valence-electron chi connectivity index (χ0n) is 11.9. The number of carbonyl (C=O) groups is 1. The summed E-state index contributed by atoms with van der Waals surface area (Å²) in [5, 5.41) is 14.4. The number of carbonyl (C=O) groups excluding carboxylic acids is 1. The Hall–Kier alpha value is -1.95. The predicted octanol–water partition coefficient (Wildman–Crippen LogP) is 2.23. The quantitative estimate of drug-likeness (QED) is 0.940. The van der Waals surface area contributed by atoms with Gasteiger partial charge in [-0.2, -0.15) is 0 Å². The molecule has 0 atom stereocenters. The lowest BCUT2D eigenvalue weighted by Gasteiger charge is -2.26. The molecule has 7 heteroatoms. The van der Waals surface area contributed by atoms with Crippen molar-refractivity contribution in [3.05, 3.63) is 35.1 Å². The van der Waals surface area contributed by atoms with Crippen LogP contribution in [0.2, 0.25) is 5.02 Å². The predicted molar refractivity (Wildman–Crippen MR) is 78.4 cm³/mol. The van der Waals surface area contributed by atoms with Gasteiger partial charge >= 0.3 is 0 Å². The number of aromatic nitrogens is 4. The zero-order chi connectivity index (χ0) is 15.0. The van der Waals surface area contributed by atoms with Crippen molar-refractivity contribution < 1.29 is 4.79 Å². The molecule has 0 bridgehead atoms. The van der Waals surface area contributed by atoms with Crippen LogP contribution >= 0.6 is 11.6 Å². The van der Waals surface area contributed by atoms with Gasteiger partial charge in [-0.1, -0.05) is 11.6 Å². The van der Waals surface area contributed by atoms with Gasteiger partial charge in [0.1, 0.15) is 6.33 Å². The fourth-order valence-corrected chi connectivity index (χ4v) is 2.64. The van der Waals surface area contributed by atoms with E-state index >= 15 is 0 Å². The molecular weight excluding hydrogens is 290 g/mol. The second-order valence-electron chi connectivity index (χ2n) is 5.87. The van der Waals surface area contributed by atoms with Crippen LogP contribution in [0.25, 0.3) is 5.69 Å². The first-order chi connectivity index (χ1) is 9.97. The van der Waals surface area contributed by atoms with Crippen LogP contribution < -0.4 is 5.32 Å². The summed E-state index contributed by atoms with van der Waals surface area (Å²) < 4.78 is 1.49. The summed E-state index contributed by atoms with van der Waals surface area (Å²) in [6, 6.07) is 5.13. The van der Waals surface area contributed by atoms with Crippen molar-refractivity contribution in [2.75, 3.05) is 0 Å². The van der Waals surface area contributed by atoms with Crippen molar-refractivity contribution in [3.8, 4) is 5.69 Å². The largest absolute Gasteiger partial charge is 0.347 e. The van der Waals surface area contributed by atoms with Gasteiger partial charge in [-0.15, -0.1) is 5.10 Å². The lowest BCUT2D eigenvalue weighted by Crippen LogP contribution is -2.45. The minimum atomic E-state index is -0.199. The summed E-state index contributed by atoms with van der Waals surface area (Å²) in [6.07, 6.45) is 3.81. The van der Waals surface area contributed by atoms with E-state index in [2.05, 4.69) is 20.8 Å². The van der Waals surface area contributed by atoms with Crippen molar-refractivity contribution in [2.24, 2.45) is 5.92 Å². The van der Waals surface area contributed by atoms with E-state index in [0.717, 1.165) is 0 Å². The Morgan fingerprint density at radius 2 is 2.19 bits per heavy atom. The smallest absolute Gasteiger partial charge is 0.253 e. The highest BCUT2D eigenvalue weighted by Crippen LogP contribution is 2.39. The van der Waals surface area contributed by atoms with Crippen LogP contribution in [0, 0.1) is 5.92 Å². The van der Waals surface area contributed by atoms with Crippen LogP contribution in [-0.2, 0) is 0 Å². The molecule has 0 unspecified atom stereocenters. The molecule has 1 heterocycles. The van der Waals surface area contributed by atoms with Crippen LogP contribution in [0.4, 0.5) is 0 Å². The summed E-state index contributed by atoms with van der Waals surface area (Å²) in [5.74, 6) is 0.404. The van der Waals surface area contributed by atoms with E-state index in [0.29, 0.717) is 22.2 Å². The molecule has 0 saturated heterocycles. The Morgan fingerprint density at radius 3 is 2.76 bits per heavy atom. The van der Waals surface area contributed by atoms with E-state index in [1.165, 1.54) is 23.9 Å². The number of halogens is 1. The van der Waals surface area contributed by atoms with Gasteiger partial charge in [-0.05, 0) is 61.2 Å². The average Bonchev–Trinajstić information content (AvgIpc) is 3.15.